The molecule has 2 heterocycles. The van der Waals surface area contributed by atoms with E-state index in [-0.39, 0.29) is 5.91 Å². The van der Waals surface area contributed by atoms with E-state index in [0.29, 0.717) is 23.4 Å². The first kappa shape index (κ1) is 13.8. The maximum atomic E-state index is 12.3. The molecule has 0 aromatic carbocycles. The van der Waals surface area contributed by atoms with Gasteiger partial charge in [-0.3, -0.25) is 24.8 Å². The van der Waals surface area contributed by atoms with Gasteiger partial charge in [0.15, 0.2) is 0 Å². The SMILES string of the molecule is O=C(NN1C(=O)[C@H]2CC=C(Cl)C[C@H]2C1=O)c1ccncc1. The Morgan fingerprint density at radius 3 is 2.62 bits per heavy atom. The minimum Gasteiger partial charge on any atom is -0.272 e. The summed E-state index contributed by atoms with van der Waals surface area (Å²) >= 11 is 5.93. The molecule has 108 valence electrons. The number of carbonyl (C=O) groups excluding carboxylic acids is 3. The van der Waals surface area contributed by atoms with Crippen LogP contribution in [0.4, 0.5) is 0 Å². The Labute approximate surface area is 125 Å². The van der Waals surface area contributed by atoms with Crippen molar-refractivity contribution in [3.05, 3.63) is 41.2 Å². The van der Waals surface area contributed by atoms with E-state index in [1.807, 2.05) is 0 Å². The number of allylic oxidation sites excluding steroid dienone is 2. The molecule has 1 aromatic heterocycles. The number of hydrogen-bond donors (Lipinski definition) is 1. The van der Waals surface area contributed by atoms with Crippen LogP contribution in [0, 0.1) is 11.8 Å². The third-order valence-electron chi connectivity index (χ3n) is 3.72. The largest absolute Gasteiger partial charge is 0.272 e. The van der Waals surface area contributed by atoms with Crippen LogP contribution >= 0.6 is 11.6 Å². The molecule has 1 N–H and O–H groups in total. The second kappa shape index (κ2) is 5.29. The number of amides is 3. The maximum absolute atomic E-state index is 12.3. The Kier molecular flexibility index (Phi) is 3.47. The van der Waals surface area contributed by atoms with Crippen LogP contribution in [0.2, 0.25) is 0 Å². The topological polar surface area (TPSA) is 79.4 Å². The van der Waals surface area contributed by atoms with Gasteiger partial charge in [-0.05, 0) is 25.0 Å². The van der Waals surface area contributed by atoms with Gasteiger partial charge in [0.25, 0.3) is 17.7 Å². The number of carbonyl (C=O) groups is 3. The predicted molar refractivity (Wildman–Crippen MR) is 73.7 cm³/mol. The van der Waals surface area contributed by atoms with Crippen molar-refractivity contribution in [1.82, 2.24) is 15.4 Å². The summed E-state index contributed by atoms with van der Waals surface area (Å²) in [5.41, 5.74) is 2.70. The summed E-state index contributed by atoms with van der Waals surface area (Å²) in [7, 11) is 0. The number of rotatable bonds is 2. The highest BCUT2D eigenvalue weighted by Crippen LogP contribution is 2.38. The summed E-state index contributed by atoms with van der Waals surface area (Å²) in [5.74, 6) is -2.21. The third kappa shape index (κ3) is 2.42. The highest BCUT2D eigenvalue weighted by atomic mass is 35.5. The molecule has 0 saturated carbocycles. The number of pyridine rings is 1. The smallest absolute Gasteiger partial charge is 0.270 e. The van der Waals surface area contributed by atoms with Crippen molar-refractivity contribution in [3.63, 3.8) is 0 Å². The van der Waals surface area contributed by atoms with Gasteiger partial charge in [-0.1, -0.05) is 17.7 Å². The van der Waals surface area contributed by atoms with Gasteiger partial charge in [0, 0.05) is 23.0 Å². The van der Waals surface area contributed by atoms with Crippen molar-refractivity contribution in [2.45, 2.75) is 12.8 Å². The second-order valence-electron chi connectivity index (χ2n) is 4.99. The first-order valence-corrected chi connectivity index (χ1v) is 6.89. The van der Waals surface area contributed by atoms with Crippen LogP contribution in [0.25, 0.3) is 0 Å². The molecule has 6 nitrogen and oxygen atoms in total. The zero-order valence-corrected chi connectivity index (χ0v) is 11.7. The Hall–Kier alpha value is -2.21. The number of imide groups is 1. The van der Waals surface area contributed by atoms with E-state index in [1.54, 1.807) is 6.08 Å². The van der Waals surface area contributed by atoms with Gasteiger partial charge in [-0.2, -0.15) is 5.01 Å². The number of nitrogens with one attached hydrogen (secondary N) is 1. The van der Waals surface area contributed by atoms with E-state index in [4.69, 9.17) is 11.6 Å². The molecule has 7 heteroatoms. The van der Waals surface area contributed by atoms with Gasteiger partial charge in [-0.15, -0.1) is 0 Å². The molecule has 0 unspecified atom stereocenters. The Balaban J connectivity index is 1.77. The molecule has 1 aliphatic heterocycles. The lowest BCUT2D eigenvalue weighted by molar-refractivity contribution is -0.142. The molecule has 1 fully saturated rings. The fraction of sp³-hybridized carbons (Fsp3) is 0.286. The highest BCUT2D eigenvalue weighted by Gasteiger charge is 2.49. The molecule has 1 aromatic rings. The number of aromatic nitrogens is 1. The van der Waals surface area contributed by atoms with Crippen LogP contribution in [0.3, 0.4) is 0 Å². The summed E-state index contributed by atoms with van der Waals surface area (Å²) in [4.78, 5) is 40.3. The first-order valence-electron chi connectivity index (χ1n) is 6.51. The average Bonchev–Trinajstić information content (AvgIpc) is 2.73. The lowest BCUT2D eigenvalue weighted by Gasteiger charge is -2.17. The van der Waals surface area contributed by atoms with Gasteiger partial charge in [0.2, 0.25) is 0 Å². The summed E-state index contributed by atoms with van der Waals surface area (Å²) in [6, 6.07) is 3.01. The molecular weight excluding hydrogens is 294 g/mol. The average molecular weight is 306 g/mol. The van der Waals surface area contributed by atoms with Gasteiger partial charge in [0.05, 0.1) is 11.8 Å². The van der Waals surface area contributed by atoms with Crippen molar-refractivity contribution in [1.29, 1.82) is 0 Å². The van der Waals surface area contributed by atoms with Crippen LogP contribution in [-0.4, -0.2) is 27.7 Å². The van der Waals surface area contributed by atoms with Crippen molar-refractivity contribution in [3.8, 4) is 0 Å². The molecule has 0 spiro atoms. The molecule has 1 saturated heterocycles. The highest BCUT2D eigenvalue weighted by molar-refractivity contribution is 6.30. The van der Waals surface area contributed by atoms with Crippen molar-refractivity contribution < 1.29 is 14.4 Å². The monoisotopic (exact) mass is 305 g/mol. The summed E-state index contributed by atoms with van der Waals surface area (Å²) in [6.07, 6.45) is 5.45. The van der Waals surface area contributed by atoms with E-state index >= 15 is 0 Å². The van der Waals surface area contributed by atoms with Crippen molar-refractivity contribution in [2.75, 3.05) is 0 Å². The fourth-order valence-electron chi connectivity index (χ4n) is 2.61. The number of nitrogens with zero attached hydrogens (tertiary/aromatic N) is 2. The van der Waals surface area contributed by atoms with Crippen molar-refractivity contribution >= 4 is 29.3 Å². The quantitative estimate of drug-likeness (QED) is 0.834. The molecule has 3 amide bonds. The molecular formula is C14H12ClN3O3. The lowest BCUT2D eigenvalue weighted by Crippen LogP contribution is -2.46. The van der Waals surface area contributed by atoms with Crippen LogP contribution in [0.1, 0.15) is 23.2 Å². The van der Waals surface area contributed by atoms with E-state index < -0.39 is 23.7 Å². The van der Waals surface area contributed by atoms with E-state index in [9.17, 15) is 14.4 Å². The van der Waals surface area contributed by atoms with Gasteiger partial charge < -0.3 is 0 Å². The summed E-state index contributed by atoms with van der Waals surface area (Å²) in [5, 5.41) is 1.40. The number of halogens is 1. The standard InChI is InChI=1S/C14H12ClN3O3/c15-9-1-2-10-11(7-9)14(21)18(13(10)20)17-12(19)8-3-5-16-6-4-8/h1,3-6,10-11H,2,7H2,(H,17,19)/t10-,11+/m0/s1. The van der Waals surface area contributed by atoms with E-state index in [2.05, 4.69) is 10.4 Å². The normalized spacial score (nSPS) is 24.6. The second-order valence-corrected chi connectivity index (χ2v) is 5.48. The summed E-state index contributed by atoms with van der Waals surface area (Å²) < 4.78 is 0. The van der Waals surface area contributed by atoms with Gasteiger partial charge >= 0.3 is 0 Å². The van der Waals surface area contributed by atoms with Crippen LogP contribution in [0.5, 0.6) is 0 Å². The predicted octanol–water partition coefficient (Wildman–Crippen LogP) is 1.24. The molecule has 1 aliphatic carbocycles. The number of hydrazine groups is 1. The zero-order valence-electron chi connectivity index (χ0n) is 11.0. The number of fused-ring (bicyclic) bond motifs is 1. The van der Waals surface area contributed by atoms with Crippen LogP contribution in [-0.2, 0) is 9.59 Å². The third-order valence-corrected chi connectivity index (χ3v) is 4.03. The molecule has 2 atom stereocenters. The molecule has 21 heavy (non-hydrogen) atoms. The fourth-order valence-corrected chi connectivity index (χ4v) is 2.86. The minimum absolute atomic E-state index is 0.330. The molecule has 3 rings (SSSR count). The molecule has 0 radical (unpaired) electrons. The zero-order chi connectivity index (χ0) is 15.0. The summed E-state index contributed by atoms with van der Waals surface area (Å²) in [6.45, 7) is 0. The minimum atomic E-state index is -0.517. The Morgan fingerprint density at radius 2 is 1.90 bits per heavy atom. The molecule has 2 aliphatic rings. The first-order chi connectivity index (χ1) is 10.1. The van der Waals surface area contributed by atoms with Crippen LogP contribution < -0.4 is 5.43 Å². The lowest BCUT2D eigenvalue weighted by atomic mass is 9.85. The molecule has 0 bridgehead atoms. The number of hydrogen-bond acceptors (Lipinski definition) is 4. The Bertz CT molecular complexity index is 644. The van der Waals surface area contributed by atoms with Gasteiger partial charge in [0.1, 0.15) is 0 Å². The van der Waals surface area contributed by atoms with Crippen molar-refractivity contribution in [2.24, 2.45) is 11.8 Å². The van der Waals surface area contributed by atoms with E-state index in [0.717, 1.165) is 5.01 Å². The van der Waals surface area contributed by atoms with Gasteiger partial charge in [-0.25, -0.2) is 0 Å². The maximum Gasteiger partial charge on any atom is 0.270 e. The Morgan fingerprint density at radius 1 is 1.24 bits per heavy atom. The van der Waals surface area contributed by atoms with E-state index in [1.165, 1.54) is 24.5 Å². The van der Waals surface area contributed by atoms with Crippen LogP contribution in [0.15, 0.2) is 35.6 Å².